The SMILES string of the molecule is CN1c2nc(NCCN3CCN(c4ccc(Cl)c(Cl)c4)CC3)cc(=O)n2CC1c1ccccc1.Cl. The lowest BCUT2D eigenvalue weighted by molar-refractivity contribution is 0.267. The van der Waals surface area contributed by atoms with Crippen molar-refractivity contribution in [2.75, 3.05) is 61.4 Å². The van der Waals surface area contributed by atoms with Crippen LogP contribution in [-0.4, -0.2) is 60.8 Å². The molecule has 0 saturated carbocycles. The summed E-state index contributed by atoms with van der Waals surface area (Å²) in [6, 6.07) is 17.8. The number of hydrogen-bond donors (Lipinski definition) is 1. The van der Waals surface area contributed by atoms with Crippen molar-refractivity contribution in [1.29, 1.82) is 0 Å². The highest BCUT2D eigenvalue weighted by Crippen LogP contribution is 2.32. The molecule has 0 amide bonds. The van der Waals surface area contributed by atoms with E-state index in [-0.39, 0.29) is 24.0 Å². The fourth-order valence-corrected chi connectivity index (χ4v) is 5.01. The molecular formula is C25H29Cl3N6O. The molecular weight excluding hydrogens is 507 g/mol. The predicted molar refractivity (Wildman–Crippen MR) is 147 cm³/mol. The average Bonchev–Trinajstić information content (AvgIpc) is 3.19. The Morgan fingerprint density at radius 3 is 2.46 bits per heavy atom. The van der Waals surface area contributed by atoms with Gasteiger partial charge in [-0.15, -0.1) is 12.4 Å². The number of nitrogens with zero attached hydrogens (tertiary/aromatic N) is 5. The number of halogens is 3. The van der Waals surface area contributed by atoms with E-state index in [9.17, 15) is 4.79 Å². The maximum atomic E-state index is 12.8. The van der Waals surface area contributed by atoms with Crippen molar-refractivity contribution in [2.45, 2.75) is 12.6 Å². The topological polar surface area (TPSA) is 56.6 Å². The molecule has 186 valence electrons. The van der Waals surface area contributed by atoms with Crippen LogP contribution in [0.25, 0.3) is 0 Å². The molecule has 3 heterocycles. The number of piperazine rings is 1. The fourth-order valence-electron chi connectivity index (χ4n) is 4.72. The Morgan fingerprint density at radius 2 is 1.74 bits per heavy atom. The summed E-state index contributed by atoms with van der Waals surface area (Å²) in [5.74, 6) is 1.34. The van der Waals surface area contributed by atoms with E-state index >= 15 is 0 Å². The van der Waals surface area contributed by atoms with Crippen LogP contribution in [0.4, 0.5) is 17.5 Å². The third-order valence-electron chi connectivity index (χ3n) is 6.69. The third-order valence-corrected chi connectivity index (χ3v) is 7.42. The van der Waals surface area contributed by atoms with Crippen LogP contribution in [0.2, 0.25) is 10.0 Å². The molecule has 1 atom stereocenters. The fraction of sp³-hybridized carbons (Fsp3) is 0.360. The van der Waals surface area contributed by atoms with E-state index in [1.54, 1.807) is 10.6 Å². The largest absolute Gasteiger partial charge is 0.369 e. The zero-order chi connectivity index (χ0) is 23.7. The van der Waals surface area contributed by atoms with Crippen molar-refractivity contribution in [3.63, 3.8) is 0 Å². The number of nitrogens with one attached hydrogen (secondary N) is 1. The van der Waals surface area contributed by atoms with Crippen molar-refractivity contribution in [3.05, 3.63) is 80.6 Å². The minimum Gasteiger partial charge on any atom is -0.369 e. The Hall–Kier alpha value is -2.45. The third kappa shape index (κ3) is 5.54. The Bertz CT molecular complexity index is 1210. The van der Waals surface area contributed by atoms with Gasteiger partial charge in [-0.1, -0.05) is 53.5 Å². The molecule has 1 unspecified atom stereocenters. The summed E-state index contributed by atoms with van der Waals surface area (Å²) in [6.07, 6.45) is 0. The first-order chi connectivity index (χ1) is 16.5. The maximum Gasteiger partial charge on any atom is 0.257 e. The molecule has 5 rings (SSSR count). The molecule has 1 aromatic heterocycles. The highest BCUT2D eigenvalue weighted by molar-refractivity contribution is 6.42. The zero-order valence-electron chi connectivity index (χ0n) is 19.5. The van der Waals surface area contributed by atoms with Crippen LogP contribution in [0.5, 0.6) is 0 Å². The summed E-state index contributed by atoms with van der Waals surface area (Å²) < 4.78 is 1.76. The molecule has 0 spiro atoms. The van der Waals surface area contributed by atoms with E-state index in [0.717, 1.165) is 45.0 Å². The number of hydrogen-bond acceptors (Lipinski definition) is 6. The molecule has 35 heavy (non-hydrogen) atoms. The molecule has 2 aliphatic heterocycles. The quantitative estimate of drug-likeness (QED) is 0.505. The normalized spacial score (nSPS) is 17.7. The number of anilines is 3. The molecule has 0 aliphatic carbocycles. The Labute approximate surface area is 221 Å². The average molecular weight is 536 g/mol. The van der Waals surface area contributed by atoms with Gasteiger partial charge in [-0.3, -0.25) is 14.3 Å². The second kappa shape index (κ2) is 11.1. The monoisotopic (exact) mass is 534 g/mol. The van der Waals surface area contributed by atoms with Gasteiger partial charge in [-0.05, 0) is 23.8 Å². The van der Waals surface area contributed by atoms with Crippen LogP contribution < -0.4 is 20.7 Å². The summed E-state index contributed by atoms with van der Waals surface area (Å²) in [5.41, 5.74) is 2.27. The molecule has 7 nitrogen and oxygen atoms in total. The summed E-state index contributed by atoms with van der Waals surface area (Å²) in [6.45, 7) is 6.02. The van der Waals surface area contributed by atoms with Gasteiger partial charge >= 0.3 is 0 Å². The van der Waals surface area contributed by atoms with Crippen LogP contribution >= 0.6 is 35.6 Å². The van der Waals surface area contributed by atoms with Gasteiger partial charge in [-0.2, -0.15) is 4.98 Å². The van der Waals surface area contributed by atoms with Crippen LogP contribution in [0.15, 0.2) is 59.4 Å². The van der Waals surface area contributed by atoms with Crippen molar-refractivity contribution < 1.29 is 0 Å². The molecule has 2 aliphatic rings. The molecule has 1 saturated heterocycles. The van der Waals surface area contributed by atoms with Gasteiger partial charge in [0.1, 0.15) is 5.82 Å². The number of rotatable bonds is 6. The first-order valence-corrected chi connectivity index (χ1v) is 12.3. The number of likely N-dealkylation sites (N-methyl/N-ethyl adjacent to an activating group) is 1. The van der Waals surface area contributed by atoms with Gasteiger partial charge in [0, 0.05) is 58.1 Å². The second-order valence-electron chi connectivity index (χ2n) is 8.78. The van der Waals surface area contributed by atoms with Crippen molar-refractivity contribution in [1.82, 2.24) is 14.5 Å². The van der Waals surface area contributed by atoms with E-state index in [0.29, 0.717) is 28.4 Å². The number of fused-ring (bicyclic) bond motifs is 1. The maximum absolute atomic E-state index is 12.8. The summed E-state index contributed by atoms with van der Waals surface area (Å²) in [4.78, 5) is 24.3. The highest BCUT2D eigenvalue weighted by atomic mass is 35.5. The van der Waals surface area contributed by atoms with Gasteiger partial charge in [0.2, 0.25) is 5.95 Å². The first-order valence-electron chi connectivity index (χ1n) is 11.6. The van der Waals surface area contributed by atoms with Crippen molar-refractivity contribution in [3.8, 4) is 0 Å². The molecule has 3 aromatic rings. The summed E-state index contributed by atoms with van der Waals surface area (Å²) in [7, 11) is 2.00. The summed E-state index contributed by atoms with van der Waals surface area (Å²) in [5, 5.41) is 4.52. The zero-order valence-corrected chi connectivity index (χ0v) is 21.9. The molecule has 2 aromatic carbocycles. The standard InChI is InChI=1S/C25H28Cl2N6O.ClH/c1-30-22(18-5-3-2-4-6-18)17-33-24(34)16-23(29-25(30)33)28-9-10-31-11-13-32(14-12-31)19-7-8-20(26)21(27)15-19;/h2-8,15-16,22,28H,9-14,17H2,1H3;1H. The minimum atomic E-state index is -0.0204. The van der Waals surface area contributed by atoms with E-state index < -0.39 is 0 Å². The van der Waals surface area contributed by atoms with Gasteiger partial charge in [0.25, 0.3) is 5.56 Å². The van der Waals surface area contributed by atoms with Crippen molar-refractivity contribution >= 4 is 53.1 Å². The first kappa shape index (κ1) is 25.6. The molecule has 10 heteroatoms. The molecule has 1 N–H and O–H groups in total. The van der Waals surface area contributed by atoms with Crippen LogP contribution in [0, 0.1) is 0 Å². The van der Waals surface area contributed by atoms with Crippen LogP contribution in [0.1, 0.15) is 11.6 Å². The van der Waals surface area contributed by atoms with Gasteiger partial charge < -0.3 is 15.1 Å². The Balaban J connectivity index is 0.00000289. The lowest BCUT2D eigenvalue weighted by Gasteiger charge is -2.36. The number of benzene rings is 2. The predicted octanol–water partition coefficient (Wildman–Crippen LogP) is 4.40. The minimum absolute atomic E-state index is 0. The number of aromatic nitrogens is 2. The highest BCUT2D eigenvalue weighted by Gasteiger charge is 2.30. The summed E-state index contributed by atoms with van der Waals surface area (Å²) >= 11 is 12.2. The van der Waals surface area contributed by atoms with E-state index in [1.165, 1.54) is 5.56 Å². The van der Waals surface area contributed by atoms with Crippen LogP contribution in [-0.2, 0) is 6.54 Å². The lowest BCUT2D eigenvalue weighted by atomic mass is 10.1. The van der Waals surface area contributed by atoms with E-state index in [2.05, 4.69) is 32.1 Å². The van der Waals surface area contributed by atoms with Crippen LogP contribution in [0.3, 0.4) is 0 Å². The smallest absolute Gasteiger partial charge is 0.257 e. The van der Waals surface area contributed by atoms with E-state index in [1.807, 2.05) is 43.4 Å². The van der Waals surface area contributed by atoms with Gasteiger partial charge in [0.15, 0.2) is 0 Å². The molecule has 0 bridgehead atoms. The molecule has 1 fully saturated rings. The van der Waals surface area contributed by atoms with E-state index in [4.69, 9.17) is 28.2 Å². The Morgan fingerprint density at radius 1 is 1.00 bits per heavy atom. The van der Waals surface area contributed by atoms with Crippen molar-refractivity contribution in [2.24, 2.45) is 0 Å². The molecule has 0 radical (unpaired) electrons. The second-order valence-corrected chi connectivity index (χ2v) is 9.60. The van der Waals surface area contributed by atoms with Gasteiger partial charge in [0.05, 0.1) is 22.6 Å². The van der Waals surface area contributed by atoms with Gasteiger partial charge in [-0.25, -0.2) is 0 Å². The Kier molecular flexibility index (Phi) is 8.12. The lowest BCUT2D eigenvalue weighted by Crippen LogP contribution is -2.47.